The molecule has 1 aromatic carbocycles. The van der Waals surface area contributed by atoms with Crippen LogP contribution in [0.4, 0.5) is 0 Å². The first kappa shape index (κ1) is 17.5. The Bertz CT molecular complexity index is 426. The molecule has 1 amide bonds. The number of carbonyl (C=O) groups is 1. The van der Waals surface area contributed by atoms with Gasteiger partial charge in [0.2, 0.25) is 0 Å². The van der Waals surface area contributed by atoms with Crippen LogP contribution < -0.4 is 10.1 Å². The largest absolute Gasteiger partial charge is 0.484 e. The number of aliphatic hydroxyl groups excluding tert-OH is 1. The molecular formula is C17H27NO3. The number of hydrogen-bond acceptors (Lipinski definition) is 3. The minimum atomic E-state index is -0.157. The molecule has 0 aliphatic heterocycles. The van der Waals surface area contributed by atoms with Gasteiger partial charge in [0.1, 0.15) is 5.75 Å². The van der Waals surface area contributed by atoms with Crippen molar-refractivity contribution in [2.45, 2.75) is 46.1 Å². The number of benzene rings is 1. The molecule has 0 aliphatic rings. The molecule has 0 aliphatic carbocycles. The molecule has 21 heavy (non-hydrogen) atoms. The van der Waals surface area contributed by atoms with Crippen LogP contribution in [0, 0.1) is 5.92 Å². The average molecular weight is 293 g/mol. The molecule has 0 radical (unpaired) electrons. The van der Waals surface area contributed by atoms with Crippen LogP contribution in [0.2, 0.25) is 0 Å². The van der Waals surface area contributed by atoms with Crippen LogP contribution in [0.3, 0.4) is 0 Å². The third kappa shape index (κ3) is 6.17. The maximum Gasteiger partial charge on any atom is 0.258 e. The van der Waals surface area contributed by atoms with Gasteiger partial charge in [-0.3, -0.25) is 4.79 Å². The van der Waals surface area contributed by atoms with E-state index < -0.39 is 0 Å². The van der Waals surface area contributed by atoms with E-state index in [1.54, 1.807) is 0 Å². The Balaban J connectivity index is 2.45. The van der Waals surface area contributed by atoms with Gasteiger partial charge >= 0.3 is 0 Å². The first-order chi connectivity index (χ1) is 9.93. The molecule has 1 rings (SSSR count). The van der Waals surface area contributed by atoms with Gasteiger partial charge in [-0.2, -0.15) is 0 Å². The van der Waals surface area contributed by atoms with Crippen LogP contribution in [0.25, 0.3) is 0 Å². The lowest BCUT2D eigenvalue weighted by molar-refractivity contribution is -0.124. The van der Waals surface area contributed by atoms with Crippen molar-refractivity contribution in [3.05, 3.63) is 29.8 Å². The highest BCUT2D eigenvalue weighted by molar-refractivity contribution is 5.77. The predicted molar refractivity (Wildman–Crippen MR) is 84.5 cm³/mol. The number of amides is 1. The van der Waals surface area contributed by atoms with Crippen molar-refractivity contribution in [2.75, 3.05) is 13.2 Å². The topological polar surface area (TPSA) is 58.6 Å². The molecule has 4 nitrogen and oxygen atoms in total. The van der Waals surface area contributed by atoms with Crippen molar-refractivity contribution < 1.29 is 14.6 Å². The van der Waals surface area contributed by atoms with Crippen LogP contribution >= 0.6 is 0 Å². The second-order valence-electron chi connectivity index (χ2n) is 5.94. The van der Waals surface area contributed by atoms with E-state index in [9.17, 15) is 4.79 Å². The number of nitrogens with one attached hydrogen (secondary N) is 1. The second kappa shape index (κ2) is 8.67. The van der Waals surface area contributed by atoms with Crippen molar-refractivity contribution >= 4 is 5.91 Å². The van der Waals surface area contributed by atoms with Crippen molar-refractivity contribution in [2.24, 2.45) is 5.92 Å². The molecule has 1 unspecified atom stereocenters. The van der Waals surface area contributed by atoms with Crippen molar-refractivity contribution in [3.63, 3.8) is 0 Å². The van der Waals surface area contributed by atoms with Crippen LogP contribution in [0.15, 0.2) is 24.3 Å². The van der Waals surface area contributed by atoms with E-state index in [0.29, 0.717) is 18.1 Å². The third-order valence-electron chi connectivity index (χ3n) is 3.51. The van der Waals surface area contributed by atoms with E-state index in [-0.39, 0.29) is 31.1 Å². The van der Waals surface area contributed by atoms with E-state index in [4.69, 9.17) is 9.84 Å². The zero-order valence-corrected chi connectivity index (χ0v) is 13.4. The lowest BCUT2D eigenvalue weighted by atomic mass is 10.0. The molecule has 1 atom stereocenters. The summed E-state index contributed by atoms with van der Waals surface area (Å²) in [5, 5.41) is 11.9. The Labute approximate surface area is 127 Å². The fourth-order valence-corrected chi connectivity index (χ4v) is 2.06. The van der Waals surface area contributed by atoms with Gasteiger partial charge in [0, 0.05) is 12.6 Å². The maximum absolute atomic E-state index is 11.9. The van der Waals surface area contributed by atoms with E-state index >= 15 is 0 Å². The Morgan fingerprint density at radius 3 is 2.29 bits per heavy atom. The first-order valence-electron chi connectivity index (χ1n) is 7.57. The molecule has 0 saturated carbocycles. The second-order valence-corrected chi connectivity index (χ2v) is 5.94. The molecule has 0 bridgehead atoms. The van der Waals surface area contributed by atoms with Gasteiger partial charge in [0.05, 0.1) is 0 Å². The van der Waals surface area contributed by atoms with E-state index in [0.717, 1.165) is 0 Å². The smallest absolute Gasteiger partial charge is 0.258 e. The fourth-order valence-electron chi connectivity index (χ4n) is 2.06. The van der Waals surface area contributed by atoms with Crippen molar-refractivity contribution in [3.8, 4) is 5.75 Å². The number of hydrogen-bond donors (Lipinski definition) is 2. The van der Waals surface area contributed by atoms with Gasteiger partial charge in [-0.1, -0.05) is 39.8 Å². The van der Waals surface area contributed by atoms with E-state index in [1.807, 2.05) is 38.1 Å². The highest BCUT2D eigenvalue weighted by atomic mass is 16.5. The number of carbonyl (C=O) groups excluding carboxylic acids is 1. The predicted octanol–water partition coefficient (Wildman–Crippen LogP) is 2.71. The van der Waals surface area contributed by atoms with Gasteiger partial charge in [0.15, 0.2) is 6.61 Å². The first-order valence-corrected chi connectivity index (χ1v) is 7.57. The monoisotopic (exact) mass is 293 g/mol. The zero-order valence-electron chi connectivity index (χ0n) is 13.4. The standard InChI is InChI=1S/C17H27NO3/c1-12(2)14-5-7-15(8-6-14)21-11-17(20)18-16(9-10-19)13(3)4/h5-8,12-13,16,19H,9-11H2,1-4H3,(H,18,20). The van der Waals surface area contributed by atoms with Crippen LogP contribution in [0.1, 0.15) is 45.6 Å². The van der Waals surface area contributed by atoms with E-state index in [2.05, 4.69) is 19.2 Å². The van der Waals surface area contributed by atoms with Gasteiger partial charge in [-0.15, -0.1) is 0 Å². The van der Waals surface area contributed by atoms with Gasteiger partial charge in [-0.25, -0.2) is 0 Å². The maximum atomic E-state index is 11.9. The summed E-state index contributed by atoms with van der Waals surface area (Å²) < 4.78 is 5.49. The number of ether oxygens (including phenoxy) is 1. The molecule has 0 aromatic heterocycles. The summed E-state index contributed by atoms with van der Waals surface area (Å²) in [5.41, 5.74) is 1.25. The molecule has 118 valence electrons. The summed E-state index contributed by atoms with van der Waals surface area (Å²) >= 11 is 0. The number of aliphatic hydroxyl groups is 1. The summed E-state index contributed by atoms with van der Waals surface area (Å²) in [6.07, 6.45) is 0.562. The molecule has 0 spiro atoms. The van der Waals surface area contributed by atoms with E-state index in [1.165, 1.54) is 5.56 Å². The quantitative estimate of drug-likeness (QED) is 0.775. The minimum absolute atomic E-state index is 0.00429. The Hall–Kier alpha value is -1.55. The van der Waals surface area contributed by atoms with Crippen molar-refractivity contribution in [1.29, 1.82) is 0 Å². The third-order valence-corrected chi connectivity index (χ3v) is 3.51. The Morgan fingerprint density at radius 1 is 1.19 bits per heavy atom. The van der Waals surface area contributed by atoms with Crippen LogP contribution in [-0.4, -0.2) is 30.3 Å². The fraction of sp³-hybridized carbons (Fsp3) is 0.588. The molecule has 0 fully saturated rings. The molecule has 1 aromatic rings. The zero-order chi connectivity index (χ0) is 15.8. The Kier molecular flexibility index (Phi) is 7.23. The average Bonchev–Trinajstić information content (AvgIpc) is 2.45. The van der Waals surface area contributed by atoms with Crippen LogP contribution in [-0.2, 0) is 4.79 Å². The Morgan fingerprint density at radius 2 is 1.81 bits per heavy atom. The minimum Gasteiger partial charge on any atom is -0.484 e. The van der Waals surface area contributed by atoms with Gasteiger partial charge in [-0.05, 0) is 36.0 Å². The molecular weight excluding hydrogens is 266 g/mol. The highest BCUT2D eigenvalue weighted by Gasteiger charge is 2.15. The molecule has 4 heteroatoms. The lowest BCUT2D eigenvalue weighted by Crippen LogP contribution is -2.41. The molecule has 2 N–H and O–H groups in total. The summed E-state index contributed by atoms with van der Waals surface area (Å²) in [5.74, 6) is 1.30. The van der Waals surface area contributed by atoms with Gasteiger partial charge in [0.25, 0.3) is 5.91 Å². The normalized spacial score (nSPS) is 12.5. The van der Waals surface area contributed by atoms with Gasteiger partial charge < -0.3 is 15.2 Å². The summed E-state index contributed by atoms with van der Waals surface area (Å²) in [7, 11) is 0. The summed E-state index contributed by atoms with van der Waals surface area (Å²) in [6, 6.07) is 7.78. The molecule has 0 heterocycles. The van der Waals surface area contributed by atoms with Crippen molar-refractivity contribution in [1.82, 2.24) is 5.32 Å². The lowest BCUT2D eigenvalue weighted by Gasteiger charge is -2.21. The number of rotatable bonds is 8. The molecule has 0 saturated heterocycles. The van der Waals surface area contributed by atoms with Crippen LogP contribution in [0.5, 0.6) is 5.75 Å². The summed E-state index contributed by atoms with van der Waals surface area (Å²) in [6.45, 7) is 8.38. The SMILES string of the molecule is CC(C)c1ccc(OCC(=O)NC(CCO)C(C)C)cc1. The highest BCUT2D eigenvalue weighted by Crippen LogP contribution is 2.18. The summed E-state index contributed by atoms with van der Waals surface area (Å²) in [4.78, 5) is 11.9.